The van der Waals surface area contributed by atoms with E-state index in [0.717, 1.165) is 6.42 Å². The molecule has 2 nitrogen and oxygen atoms in total. The van der Waals surface area contributed by atoms with Gasteiger partial charge in [-0.3, -0.25) is 0 Å². The maximum atomic E-state index is 5.94. The Kier molecular flexibility index (Phi) is 3.46. The predicted molar refractivity (Wildman–Crippen MR) is 56.5 cm³/mol. The average molecular weight is 178 g/mol. The smallest absolute Gasteiger partial charge is 0.0307 e. The van der Waals surface area contributed by atoms with Crippen molar-refractivity contribution in [3.8, 4) is 0 Å². The van der Waals surface area contributed by atoms with E-state index in [4.69, 9.17) is 11.5 Å². The molecule has 1 aromatic carbocycles. The lowest BCUT2D eigenvalue weighted by atomic mass is 10.00. The molecular weight excluding hydrogens is 160 g/mol. The number of aryl methyl sites for hydroxylation is 2. The van der Waals surface area contributed by atoms with Crippen molar-refractivity contribution in [1.29, 1.82) is 0 Å². The van der Waals surface area contributed by atoms with Crippen molar-refractivity contribution in [3.05, 3.63) is 34.9 Å². The van der Waals surface area contributed by atoms with Crippen LogP contribution in [0.5, 0.6) is 0 Å². The molecule has 0 aliphatic rings. The lowest BCUT2D eigenvalue weighted by molar-refractivity contribution is 0.661. The largest absolute Gasteiger partial charge is 0.330 e. The summed E-state index contributed by atoms with van der Waals surface area (Å²) < 4.78 is 0. The fourth-order valence-electron chi connectivity index (χ4n) is 1.34. The first-order valence-corrected chi connectivity index (χ1v) is 4.68. The molecule has 72 valence electrons. The van der Waals surface area contributed by atoms with Gasteiger partial charge in [0.15, 0.2) is 0 Å². The van der Waals surface area contributed by atoms with Crippen LogP contribution in [0, 0.1) is 13.8 Å². The second kappa shape index (κ2) is 4.40. The molecule has 0 radical (unpaired) electrons. The summed E-state index contributed by atoms with van der Waals surface area (Å²) in [5, 5.41) is 0. The van der Waals surface area contributed by atoms with Gasteiger partial charge in [0.25, 0.3) is 0 Å². The molecule has 0 amide bonds. The third-order valence-electron chi connectivity index (χ3n) is 2.44. The summed E-state index contributed by atoms with van der Waals surface area (Å²) in [4.78, 5) is 0. The highest BCUT2D eigenvalue weighted by atomic mass is 14.7. The van der Waals surface area contributed by atoms with Crippen molar-refractivity contribution < 1.29 is 0 Å². The second-order valence-electron chi connectivity index (χ2n) is 3.53. The molecule has 0 heterocycles. The Hall–Kier alpha value is -0.860. The third-order valence-corrected chi connectivity index (χ3v) is 2.44. The van der Waals surface area contributed by atoms with Crippen LogP contribution in [0.15, 0.2) is 18.2 Å². The molecule has 0 spiro atoms. The molecule has 4 N–H and O–H groups in total. The van der Waals surface area contributed by atoms with Crippen LogP contribution in [0.4, 0.5) is 0 Å². The minimum absolute atomic E-state index is 0.0873. The van der Waals surface area contributed by atoms with Crippen LogP contribution in [0.2, 0.25) is 0 Å². The van der Waals surface area contributed by atoms with Gasteiger partial charge in [0.1, 0.15) is 0 Å². The van der Waals surface area contributed by atoms with E-state index >= 15 is 0 Å². The fraction of sp³-hybridized carbons (Fsp3) is 0.455. The van der Waals surface area contributed by atoms with Crippen LogP contribution in [0.25, 0.3) is 0 Å². The highest BCUT2D eigenvalue weighted by Crippen LogP contribution is 2.16. The normalized spacial score (nSPS) is 12.9. The van der Waals surface area contributed by atoms with Gasteiger partial charge < -0.3 is 11.5 Å². The molecule has 0 bridgehead atoms. The molecule has 0 aliphatic heterocycles. The zero-order chi connectivity index (χ0) is 9.84. The van der Waals surface area contributed by atoms with Crippen molar-refractivity contribution in [3.63, 3.8) is 0 Å². The molecule has 2 heteroatoms. The second-order valence-corrected chi connectivity index (χ2v) is 3.53. The van der Waals surface area contributed by atoms with Gasteiger partial charge in [-0.15, -0.1) is 0 Å². The highest BCUT2D eigenvalue weighted by Gasteiger charge is 2.04. The molecule has 0 aromatic heterocycles. The van der Waals surface area contributed by atoms with E-state index in [2.05, 4.69) is 32.0 Å². The lowest BCUT2D eigenvalue weighted by Gasteiger charge is -2.12. The van der Waals surface area contributed by atoms with Crippen LogP contribution < -0.4 is 11.5 Å². The Morgan fingerprint density at radius 3 is 2.46 bits per heavy atom. The van der Waals surface area contributed by atoms with Gasteiger partial charge >= 0.3 is 0 Å². The summed E-state index contributed by atoms with van der Waals surface area (Å²) in [5.74, 6) is 0. The Balaban J connectivity index is 2.84. The summed E-state index contributed by atoms with van der Waals surface area (Å²) in [6.45, 7) is 4.86. The molecule has 1 aromatic rings. The summed E-state index contributed by atoms with van der Waals surface area (Å²) >= 11 is 0. The Labute approximate surface area is 79.9 Å². The van der Waals surface area contributed by atoms with Crippen molar-refractivity contribution in [2.24, 2.45) is 11.5 Å². The Morgan fingerprint density at radius 2 is 1.92 bits per heavy atom. The number of benzene rings is 1. The van der Waals surface area contributed by atoms with Crippen LogP contribution >= 0.6 is 0 Å². The van der Waals surface area contributed by atoms with Gasteiger partial charge in [-0.1, -0.05) is 18.2 Å². The van der Waals surface area contributed by atoms with Crippen molar-refractivity contribution >= 4 is 0 Å². The van der Waals surface area contributed by atoms with Gasteiger partial charge in [0, 0.05) is 6.04 Å². The van der Waals surface area contributed by atoms with E-state index < -0.39 is 0 Å². The van der Waals surface area contributed by atoms with Crippen molar-refractivity contribution in [1.82, 2.24) is 0 Å². The molecule has 0 saturated carbocycles. The van der Waals surface area contributed by atoms with Gasteiger partial charge in [-0.2, -0.15) is 0 Å². The van der Waals surface area contributed by atoms with Gasteiger partial charge in [0.05, 0.1) is 0 Å². The summed E-state index contributed by atoms with van der Waals surface area (Å²) in [6, 6.07) is 6.43. The molecule has 0 unspecified atom stereocenters. The number of hydrogen-bond acceptors (Lipinski definition) is 2. The first-order chi connectivity index (χ1) is 6.15. The molecule has 0 fully saturated rings. The third kappa shape index (κ3) is 2.54. The Bertz CT molecular complexity index is 281. The maximum absolute atomic E-state index is 5.94. The molecule has 0 aliphatic carbocycles. The zero-order valence-electron chi connectivity index (χ0n) is 8.38. The zero-order valence-corrected chi connectivity index (χ0v) is 8.38. The van der Waals surface area contributed by atoms with E-state index in [1.54, 1.807) is 0 Å². The van der Waals surface area contributed by atoms with Gasteiger partial charge in [0.2, 0.25) is 0 Å². The number of rotatable bonds is 3. The average Bonchev–Trinajstić information content (AvgIpc) is 2.10. The molecule has 13 heavy (non-hydrogen) atoms. The predicted octanol–water partition coefficient (Wildman–Crippen LogP) is 1.65. The molecule has 1 rings (SSSR count). The first-order valence-electron chi connectivity index (χ1n) is 4.68. The van der Waals surface area contributed by atoms with E-state index in [-0.39, 0.29) is 6.04 Å². The fourth-order valence-corrected chi connectivity index (χ4v) is 1.34. The molecular formula is C11H18N2. The number of hydrogen-bond donors (Lipinski definition) is 2. The van der Waals surface area contributed by atoms with E-state index in [1.165, 1.54) is 16.7 Å². The summed E-state index contributed by atoms with van der Waals surface area (Å²) in [6.07, 6.45) is 0.850. The van der Waals surface area contributed by atoms with Crippen LogP contribution in [0.3, 0.4) is 0 Å². The van der Waals surface area contributed by atoms with Crippen LogP contribution in [-0.2, 0) is 0 Å². The summed E-state index contributed by atoms with van der Waals surface area (Å²) in [7, 11) is 0. The first kappa shape index (κ1) is 10.2. The van der Waals surface area contributed by atoms with Crippen LogP contribution in [-0.4, -0.2) is 6.54 Å². The maximum Gasteiger partial charge on any atom is 0.0307 e. The SMILES string of the molecule is Cc1ccc([C@H](N)CCN)cc1C. The van der Waals surface area contributed by atoms with Gasteiger partial charge in [-0.25, -0.2) is 0 Å². The minimum atomic E-state index is 0.0873. The van der Waals surface area contributed by atoms with Crippen LogP contribution in [0.1, 0.15) is 29.2 Å². The van der Waals surface area contributed by atoms with E-state index in [1.807, 2.05) is 0 Å². The van der Waals surface area contributed by atoms with Crippen molar-refractivity contribution in [2.45, 2.75) is 26.3 Å². The van der Waals surface area contributed by atoms with Crippen molar-refractivity contribution in [2.75, 3.05) is 6.54 Å². The molecule has 0 saturated heterocycles. The van der Waals surface area contributed by atoms with E-state index in [9.17, 15) is 0 Å². The quantitative estimate of drug-likeness (QED) is 0.739. The standard InChI is InChI=1S/C11H18N2/c1-8-3-4-10(7-9(8)2)11(13)5-6-12/h3-4,7,11H,5-6,12-13H2,1-2H3/t11-/m1/s1. The summed E-state index contributed by atoms with van der Waals surface area (Å²) in [5.41, 5.74) is 15.2. The van der Waals surface area contributed by atoms with Gasteiger partial charge in [-0.05, 0) is 43.5 Å². The topological polar surface area (TPSA) is 52.0 Å². The minimum Gasteiger partial charge on any atom is -0.330 e. The highest BCUT2D eigenvalue weighted by molar-refractivity contribution is 5.31. The van der Waals surface area contributed by atoms with E-state index in [0.29, 0.717) is 6.54 Å². The Morgan fingerprint density at radius 1 is 1.23 bits per heavy atom. The number of nitrogens with two attached hydrogens (primary N) is 2. The molecule has 1 atom stereocenters. The monoisotopic (exact) mass is 178 g/mol. The lowest BCUT2D eigenvalue weighted by Crippen LogP contribution is -2.15.